The number of nitrogen functional groups attached to an aromatic ring is 1. The van der Waals surface area contributed by atoms with E-state index >= 15 is 0 Å². The van der Waals surface area contributed by atoms with Gasteiger partial charge < -0.3 is 20.5 Å². The van der Waals surface area contributed by atoms with Gasteiger partial charge in [0.15, 0.2) is 0 Å². The number of carbonyl (C=O) groups is 1. The van der Waals surface area contributed by atoms with Crippen LogP contribution in [0.3, 0.4) is 0 Å². The molecule has 0 saturated heterocycles. The summed E-state index contributed by atoms with van der Waals surface area (Å²) in [5, 5.41) is 4.61. The first-order chi connectivity index (χ1) is 17.8. The summed E-state index contributed by atoms with van der Waals surface area (Å²) in [7, 11) is 0. The molecule has 4 aromatic rings. The van der Waals surface area contributed by atoms with E-state index in [1.54, 1.807) is 30.3 Å². The highest BCUT2D eigenvalue weighted by molar-refractivity contribution is 6.36. The summed E-state index contributed by atoms with van der Waals surface area (Å²) < 4.78 is 12.0. The Morgan fingerprint density at radius 3 is 2.54 bits per heavy atom. The van der Waals surface area contributed by atoms with Crippen LogP contribution in [0.2, 0.25) is 10.0 Å². The number of aryl methyl sites for hydroxylation is 2. The number of benzene rings is 3. The molecule has 1 heterocycles. The molecule has 0 bridgehead atoms. The van der Waals surface area contributed by atoms with Crippen LogP contribution in [0.4, 0.5) is 5.69 Å². The van der Waals surface area contributed by atoms with Gasteiger partial charge in [0.05, 0.1) is 11.6 Å². The fraction of sp³-hybridized carbons (Fsp3) is 0.172. The molecule has 4 rings (SSSR count). The molecular weight excluding hydrogens is 509 g/mol. The second kappa shape index (κ2) is 12.0. The highest BCUT2D eigenvalue weighted by Crippen LogP contribution is 2.36. The van der Waals surface area contributed by atoms with E-state index in [0.717, 1.165) is 27.7 Å². The van der Waals surface area contributed by atoms with E-state index in [1.165, 1.54) is 6.08 Å². The Balaban J connectivity index is 1.36. The summed E-state index contributed by atoms with van der Waals surface area (Å²) in [5.41, 5.74) is 10.5. The zero-order valence-electron chi connectivity index (χ0n) is 20.6. The van der Waals surface area contributed by atoms with E-state index < -0.39 is 0 Å². The summed E-state index contributed by atoms with van der Waals surface area (Å²) in [6.45, 7) is 4.60. The van der Waals surface area contributed by atoms with Crippen LogP contribution in [-0.4, -0.2) is 24.0 Å². The van der Waals surface area contributed by atoms with Crippen LogP contribution in [0.1, 0.15) is 22.4 Å². The highest BCUT2D eigenvalue weighted by Gasteiger charge is 2.15. The van der Waals surface area contributed by atoms with Crippen LogP contribution in [0.15, 0.2) is 66.7 Å². The lowest BCUT2D eigenvalue weighted by atomic mass is 10.1. The molecule has 3 N–H and O–H groups in total. The average molecular weight is 536 g/mol. The molecule has 3 aromatic carbocycles. The number of aromatic nitrogens is 1. The number of ether oxygens (including phenoxy) is 2. The summed E-state index contributed by atoms with van der Waals surface area (Å²) in [4.78, 5) is 16.7. The third-order valence-electron chi connectivity index (χ3n) is 5.69. The molecule has 0 saturated carbocycles. The van der Waals surface area contributed by atoms with Gasteiger partial charge in [-0.2, -0.15) is 0 Å². The van der Waals surface area contributed by atoms with Gasteiger partial charge in [0.2, 0.25) is 5.91 Å². The van der Waals surface area contributed by atoms with E-state index in [4.69, 9.17) is 38.4 Å². The number of nitrogens with two attached hydrogens (primary N) is 1. The molecule has 6 nitrogen and oxygen atoms in total. The predicted octanol–water partition coefficient (Wildman–Crippen LogP) is 6.53. The van der Waals surface area contributed by atoms with Gasteiger partial charge in [-0.25, -0.2) is 4.98 Å². The first-order valence-electron chi connectivity index (χ1n) is 11.7. The Labute approximate surface area is 226 Å². The number of hydrogen-bond acceptors (Lipinski definition) is 5. The second-order valence-corrected chi connectivity index (χ2v) is 9.29. The summed E-state index contributed by atoms with van der Waals surface area (Å²) in [5.74, 6) is 0.917. The molecule has 1 amide bonds. The molecule has 37 heavy (non-hydrogen) atoms. The first kappa shape index (κ1) is 26.3. The molecular formula is C29H27Cl2N3O3. The van der Waals surface area contributed by atoms with E-state index in [0.29, 0.717) is 39.3 Å². The van der Waals surface area contributed by atoms with Crippen molar-refractivity contribution in [3.63, 3.8) is 0 Å². The summed E-state index contributed by atoms with van der Waals surface area (Å²) in [6, 6.07) is 18.7. The topological polar surface area (TPSA) is 86.5 Å². The minimum absolute atomic E-state index is 0.150. The molecule has 0 unspecified atom stereocenters. The fourth-order valence-corrected chi connectivity index (χ4v) is 4.22. The van der Waals surface area contributed by atoms with Crippen molar-refractivity contribution in [1.29, 1.82) is 0 Å². The highest BCUT2D eigenvalue weighted by atomic mass is 35.5. The minimum atomic E-state index is -0.231. The number of anilines is 1. The molecule has 0 fully saturated rings. The monoisotopic (exact) mass is 535 g/mol. The molecule has 0 spiro atoms. The fourth-order valence-electron chi connectivity index (χ4n) is 3.68. The van der Waals surface area contributed by atoms with Crippen molar-refractivity contribution < 1.29 is 14.3 Å². The largest absolute Gasteiger partial charge is 0.490 e. The Morgan fingerprint density at radius 2 is 1.76 bits per heavy atom. The van der Waals surface area contributed by atoms with Crippen LogP contribution in [-0.2, 0) is 11.4 Å². The second-order valence-electron chi connectivity index (χ2n) is 8.50. The van der Waals surface area contributed by atoms with E-state index in [2.05, 4.69) is 10.3 Å². The maximum absolute atomic E-state index is 12.1. The van der Waals surface area contributed by atoms with Crippen molar-refractivity contribution in [2.45, 2.75) is 20.5 Å². The van der Waals surface area contributed by atoms with Gasteiger partial charge in [-0.3, -0.25) is 4.79 Å². The van der Waals surface area contributed by atoms with Gasteiger partial charge >= 0.3 is 0 Å². The Kier molecular flexibility index (Phi) is 8.54. The zero-order valence-corrected chi connectivity index (χ0v) is 22.1. The van der Waals surface area contributed by atoms with Gasteiger partial charge in [0.1, 0.15) is 30.2 Å². The van der Waals surface area contributed by atoms with Crippen molar-refractivity contribution in [2.24, 2.45) is 0 Å². The Bertz CT molecular complexity index is 1450. The predicted molar refractivity (Wildman–Crippen MR) is 150 cm³/mol. The lowest BCUT2D eigenvalue weighted by Crippen LogP contribution is -2.26. The molecule has 1 aromatic heterocycles. The summed E-state index contributed by atoms with van der Waals surface area (Å²) >= 11 is 13.1. The van der Waals surface area contributed by atoms with Crippen LogP contribution in [0, 0.1) is 13.8 Å². The average Bonchev–Trinajstić information content (AvgIpc) is 2.88. The van der Waals surface area contributed by atoms with Crippen LogP contribution in [0.25, 0.3) is 17.0 Å². The normalized spacial score (nSPS) is 11.1. The third-order valence-corrected chi connectivity index (χ3v) is 6.45. The van der Waals surface area contributed by atoms with Gasteiger partial charge in [-0.15, -0.1) is 0 Å². The molecule has 8 heteroatoms. The number of fused-ring (bicyclic) bond motifs is 1. The maximum atomic E-state index is 12.1. The lowest BCUT2D eigenvalue weighted by molar-refractivity contribution is -0.116. The SMILES string of the molecule is Cc1ccc2ccc(C)c(OCc3c(Cl)ccc(OCCNC(=O)/C=C/c4ccc(N)cc4)c3Cl)c2n1. The number of nitrogens with one attached hydrogen (secondary N) is 1. The number of pyridine rings is 1. The van der Waals surface area contributed by atoms with Crippen molar-refractivity contribution in [3.8, 4) is 11.5 Å². The number of amides is 1. The Hall–Kier alpha value is -3.74. The number of rotatable bonds is 9. The van der Waals surface area contributed by atoms with E-state index in [1.807, 2.05) is 50.2 Å². The van der Waals surface area contributed by atoms with E-state index in [-0.39, 0.29) is 19.1 Å². The summed E-state index contributed by atoms with van der Waals surface area (Å²) in [6.07, 6.45) is 3.17. The molecule has 190 valence electrons. The standard InChI is InChI=1S/C29H27Cl2N3O3/c1-18-3-8-21-9-4-19(2)34-28(21)29(18)37-17-23-24(30)12-13-25(27(23)31)36-16-15-33-26(35)14-7-20-5-10-22(32)11-6-20/h3-14H,15-17,32H2,1-2H3,(H,33,35)/b14-7+. The number of halogens is 2. The van der Waals surface area contributed by atoms with Gasteiger partial charge in [-0.05, 0) is 61.4 Å². The smallest absolute Gasteiger partial charge is 0.244 e. The van der Waals surface area contributed by atoms with Crippen molar-refractivity contribution >= 4 is 51.8 Å². The third kappa shape index (κ3) is 6.73. The molecule has 0 aliphatic carbocycles. The van der Waals surface area contributed by atoms with Crippen molar-refractivity contribution in [3.05, 3.63) is 99.2 Å². The zero-order chi connectivity index (χ0) is 26.4. The van der Waals surface area contributed by atoms with Gasteiger partial charge in [0, 0.05) is 33.4 Å². The van der Waals surface area contributed by atoms with Crippen LogP contribution in [0.5, 0.6) is 11.5 Å². The van der Waals surface area contributed by atoms with Crippen molar-refractivity contribution in [1.82, 2.24) is 10.3 Å². The quantitative estimate of drug-likeness (QED) is 0.144. The van der Waals surface area contributed by atoms with Crippen molar-refractivity contribution in [2.75, 3.05) is 18.9 Å². The molecule has 0 aliphatic rings. The number of hydrogen-bond donors (Lipinski definition) is 2. The van der Waals surface area contributed by atoms with Gasteiger partial charge in [0.25, 0.3) is 0 Å². The minimum Gasteiger partial charge on any atom is -0.490 e. The van der Waals surface area contributed by atoms with Crippen LogP contribution >= 0.6 is 23.2 Å². The van der Waals surface area contributed by atoms with Gasteiger partial charge in [-0.1, -0.05) is 53.5 Å². The molecule has 0 atom stereocenters. The number of carbonyl (C=O) groups excluding carboxylic acids is 1. The molecule has 0 radical (unpaired) electrons. The van der Waals surface area contributed by atoms with E-state index in [9.17, 15) is 4.79 Å². The lowest BCUT2D eigenvalue weighted by Gasteiger charge is -2.16. The first-order valence-corrected chi connectivity index (χ1v) is 12.5. The number of nitrogens with zero attached hydrogens (tertiary/aromatic N) is 1. The Morgan fingerprint density at radius 1 is 1.00 bits per heavy atom. The van der Waals surface area contributed by atoms with Crippen LogP contribution < -0.4 is 20.5 Å². The maximum Gasteiger partial charge on any atom is 0.244 e. The molecule has 0 aliphatic heterocycles.